The van der Waals surface area contributed by atoms with Crippen molar-refractivity contribution in [3.63, 3.8) is 0 Å². The van der Waals surface area contributed by atoms with E-state index < -0.39 is 0 Å². The molecule has 5 heteroatoms. The first kappa shape index (κ1) is 12.3. The van der Waals surface area contributed by atoms with E-state index in [0.29, 0.717) is 12.2 Å². The summed E-state index contributed by atoms with van der Waals surface area (Å²) in [5.74, 6) is 0.775. The summed E-state index contributed by atoms with van der Waals surface area (Å²) in [4.78, 5) is 0. The van der Waals surface area contributed by atoms with E-state index in [1.807, 2.05) is 0 Å². The SMILES string of the molecule is CC1CC(NCC2CCCNC2)NC(N)N1. The van der Waals surface area contributed by atoms with Crippen molar-refractivity contribution in [3.05, 3.63) is 0 Å². The monoisotopic (exact) mass is 227 g/mol. The minimum Gasteiger partial charge on any atom is -0.316 e. The second-order valence-electron chi connectivity index (χ2n) is 5.12. The molecule has 0 radical (unpaired) electrons. The number of nitrogens with two attached hydrogens (primary N) is 1. The summed E-state index contributed by atoms with van der Waals surface area (Å²) in [5.41, 5.74) is 5.85. The molecular formula is C11H25N5. The van der Waals surface area contributed by atoms with Crippen molar-refractivity contribution in [1.29, 1.82) is 0 Å². The van der Waals surface area contributed by atoms with Crippen molar-refractivity contribution in [3.8, 4) is 0 Å². The fourth-order valence-electron chi connectivity index (χ4n) is 2.61. The van der Waals surface area contributed by atoms with Gasteiger partial charge in [-0.25, -0.2) is 0 Å². The van der Waals surface area contributed by atoms with Crippen molar-refractivity contribution >= 4 is 0 Å². The van der Waals surface area contributed by atoms with Crippen LogP contribution in [0.5, 0.6) is 0 Å². The maximum absolute atomic E-state index is 5.85. The Morgan fingerprint density at radius 2 is 2.25 bits per heavy atom. The number of hydrogen-bond donors (Lipinski definition) is 5. The lowest BCUT2D eigenvalue weighted by molar-refractivity contribution is 0.215. The van der Waals surface area contributed by atoms with E-state index in [4.69, 9.17) is 5.73 Å². The van der Waals surface area contributed by atoms with Crippen LogP contribution in [-0.2, 0) is 0 Å². The van der Waals surface area contributed by atoms with Crippen LogP contribution in [0.4, 0.5) is 0 Å². The molecule has 2 saturated heterocycles. The zero-order chi connectivity index (χ0) is 11.4. The topological polar surface area (TPSA) is 74.1 Å². The van der Waals surface area contributed by atoms with Crippen molar-refractivity contribution in [1.82, 2.24) is 21.3 Å². The zero-order valence-corrected chi connectivity index (χ0v) is 10.1. The van der Waals surface area contributed by atoms with Gasteiger partial charge in [0.1, 0.15) is 6.29 Å². The molecule has 4 atom stereocenters. The fourth-order valence-corrected chi connectivity index (χ4v) is 2.61. The molecule has 4 unspecified atom stereocenters. The van der Waals surface area contributed by atoms with Crippen LogP contribution in [0.3, 0.4) is 0 Å². The first-order valence-corrected chi connectivity index (χ1v) is 6.46. The largest absolute Gasteiger partial charge is 0.316 e. The van der Waals surface area contributed by atoms with Crippen LogP contribution >= 0.6 is 0 Å². The summed E-state index contributed by atoms with van der Waals surface area (Å²) in [6.45, 7) is 5.60. The van der Waals surface area contributed by atoms with Gasteiger partial charge in [0.05, 0.1) is 6.17 Å². The number of hydrogen-bond acceptors (Lipinski definition) is 5. The van der Waals surface area contributed by atoms with Gasteiger partial charge < -0.3 is 16.4 Å². The highest BCUT2D eigenvalue weighted by Gasteiger charge is 2.23. The molecule has 0 aromatic heterocycles. The summed E-state index contributed by atoms with van der Waals surface area (Å²) in [5, 5.41) is 13.6. The predicted molar refractivity (Wildman–Crippen MR) is 65.7 cm³/mol. The van der Waals surface area contributed by atoms with Crippen molar-refractivity contribution in [2.45, 2.75) is 44.7 Å². The van der Waals surface area contributed by atoms with E-state index in [0.717, 1.165) is 25.4 Å². The van der Waals surface area contributed by atoms with Crippen LogP contribution in [0.1, 0.15) is 26.2 Å². The van der Waals surface area contributed by atoms with E-state index in [1.165, 1.54) is 19.4 Å². The van der Waals surface area contributed by atoms with Crippen LogP contribution in [0, 0.1) is 5.92 Å². The lowest BCUT2D eigenvalue weighted by atomic mass is 9.99. The van der Waals surface area contributed by atoms with E-state index in [-0.39, 0.29) is 6.29 Å². The van der Waals surface area contributed by atoms with Gasteiger partial charge in [-0.05, 0) is 45.2 Å². The summed E-state index contributed by atoms with van der Waals surface area (Å²) < 4.78 is 0. The Morgan fingerprint density at radius 1 is 1.38 bits per heavy atom. The van der Waals surface area contributed by atoms with E-state index in [9.17, 15) is 0 Å². The van der Waals surface area contributed by atoms with Gasteiger partial charge in [0.15, 0.2) is 0 Å². The average molecular weight is 227 g/mol. The normalized spacial score (nSPS) is 40.9. The number of nitrogens with one attached hydrogen (secondary N) is 4. The standard InChI is InChI=1S/C11H25N5/c1-8-5-10(16-11(12)15-8)14-7-9-3-2-4-13-6-9/h8-11,13-16H,2-7,12H2,1H3. The van der Waals surface area contributed by atoms with Gasteiger partial charge >= 0.3 is 0 Å². The van der Waals surface area contributed by atoms with Crippen LogP contribution in [0.15, 0.2) is 0 Å². The van der Waals surface area contributed by atoms with Gasteiger partial charge in [0, 0.05) is 12.6 Å². The molecule has 0 aromatic rings. The quantitative estimate of drug-likeness (QED) is 0.433. The van der Waals surface area contributed by atoms with Crippen LogP contribution in [0.25, 0.3) is 0 Å². The highest BCUT2D eigenvalue weighted by atomic mass is 15.3. The van der Waals surface area contributed by atoms with E-state index in [2.05, 4.69) is 28.2 Å². The fraction of sp³-hybridized carbons (Fsp3) is 1.00. The Kier molecular flexibility index (Phi) is 4.55. The Bertz CT molecular complexity index is 195. The second-order valence-corrected chi connectivity index (χ2v) is 5.12. The summed E-state index contributed by atoms with van der Waals surface area (Å²) in [7, 11) is 0. The summed E-state index contributed by atoms with van der Waals surface area (Å²) in [6, 6.07) is 0.484. The van der Waals surface area contributed by atoms with Gasteiger partial charge in [-0.1, -0.05) is 0 Å². The lowest BCUT2D eigenvalue weighted by Crippen LogP contribution is -2.65. The Hall–Kier alpha value is -0.200. The lowest BCUT2D eigenvalue weighted by Gasteiger charge is -2.35. The first-order valence-electron chi connectivity index (χ1n) is 6.46. The van der Waals surface area contributed by atoms with Gasteiger partial charge in [-0.15, -0.1) is 0 Å². The molecule has 0 saturated carbocycles. The molecule has 0 bridgehead atoms. The molecule has 0 aromatic carbocycles. The Morgan fingerprint density at radius 3 is 2.94 bits per heavy atom. The maximum Gasteiger partial charge on any atom is 0.110 e. The second kappa shape index (κ2) is 5.93. The van der Waals surface area contributed by atoms with Gasteiger partial charge in [-0.3, -0.25) is 10.6 Å². The number of piperidine rings is 1. The Balaban J connectivity index is 1.68. The molecule has 6 N–H and O–H groups in total. The molecular weight excluding hydrogens is 202 g/mol. The van der Waals surface area contributed by atoms with Crippen LogP contribution < -0.4 is 27.0 Å². The molecule has 2 aliphatic rings. The molecule has 2 rings (SSSR count). The minimum absolute atomic E-state index is 0.0780. The van der Waals surface area contributed by atoms with E-state index in [1.54, 1.807) is 0 Å². The first-order chi connectivity index (χ1) is 7.74. The molecule has 5 nitrogen and oxygen atoms in total. The van der Waals surface area contributed by atoms with Crippen molar-refractivity contribution in [2.24, 2.45) is 11.7 Å². The number of rotatable bonds is 3. The molecule has 2 fully saturated rings. The van der Waals surface area contributed by atoms with Crippen LogP contribution in [0.2, 0.25) is 0 Å². The van der Waals surface area contributed by atoms with Crippen LogP contribution in [-0.4, -0.2) is 38.1 Å². The third-order valence-corrected chi connectivity index (χ3v) is 3.49. The van der Waals surface area contributed by atoms with Gasteiger partial charge in [-0.2, -0.15) is 0 Å². The maximum atomic E-state index is 5.85. The summed E-state index contributed by atoms with van der Waals surface area (Å²) in [6.07, 6.45) is 4.02. The molecule has 0 aliphatic carbocycles. The molecule has 94 valence electrons. The smallest absolute Gasteiger partial charge is 0.110 e. The highest BCUT2D eigenvalue weighted by molar-refractivity contribution is 4.82. The highest BCUT2D eigenvalue weighted by Crippen LogP contribution is 2.09. The van der Waals surface area contributed by atoms with Crippen molar-refractivity contribution < 1.29 is 0 Å². The Labute approximate surface area is 97.9 Å². The zero-order valence-electron chi connectivity index (χ0n) is 10.1. The van der Waals surface area contributed by atoms with Crippen molar-refractivity contribution in [2.75, 3.05) is 19.6 Å². The predicted octanol–water partition coefficient (Wildman–Crippen LogP) is -0.885. The molecule has 0 spiro atoms. The molecule has 16 heavy (non-hydrogen) atoms. The summed E-state index contributed by atoms with van der Waals surface area (Å²) >= 11 is 0. The molecule has 2 aliphatic heterocycles. The third kappa shape index (κ3) is 3.68. The minimum atomic E-state index is -0.0780. The average Bonchev–Trinajstić information content (AvgIpc) is 2.27. The third-order valence-electron chi connectivity index (χ3n) is 3.49. The van der Waals surface area contributed by atoms with Gasteiger partial charge in [0.2, 0.25) is 0 Å². The van der Waals surface area contributed by atoms with Gasteiger partial charge in [0.25, 0.3) is 0 Å². The molecule has 0 amide bonds. The molecule has 2 heterocycles. The van der Waals surface area contributed by atoms with E-state index >= 15 is 0 Å².